The van der Waals surface area contributed by atoms with Gasteiger partial charge in [-0.3, -0.25) is 4.79 Å². The Morgan fingerprint density at radius 3 is 2.68 bits per heavy atom. The lowest BCUT2D eigenvalue weighted by Crippen LogP contribution is -2.61. The van der Waals surface area contributed by atoms with Crippen LogP contribution in [0.5, 0.6) is 0 Å². The Balaban J connectivity index is 1.35. The SMILES string of the molecule is C=C1CCC2[C@]3(C)CO[C@@H](C)O[C@@H]3CC[C@@]2(C)[C@@H]1CCOC1CCN(C(=O)CN)CC1. The van der Waals surface area contributed by atoms with E-state index in [1.54, 1.807) is 0 Å². The highest BCUT2D eigenvalue weighted by Gasteiger charge is 2.59. The highest BCUT2D eigenvalue weighted by Crippen LogP contribution is 2.63. The van der Waals surface area contributed by atoms with Crippen molar-refractivity contribution in [2.24, 2.45) is 28.4 Å². The van der Waals surface area contributed by atoms with Crippen molar-refractivity contribution in [2.75, 3.05) is 32.8 Å². The lowest BCUT2D eigenvalue weighted by atomic mass is 9.46. The number of ether oxygens (including phenoxy) is 3. The number of amides is 1. The molecule has 2 aliphatic heterocycles. The molecule has 1 unspecified atom stereocenters. The van der Waals surface area contributed by atoms with Crippen LogP contribution in [-0.4, -0.2) is 62.2 Å². The van der Waals surface area contributed by atoms with Gasteiger partial charge < -0.3 is 24.8 Å². The smallest absolute Gasteiger partial charge is 0.236 e. The summed E-state index contributed by atoms with van der Waals surface area (Å²) in [7, 11) is 0. The molecule has 0 aromatic carbocycles. The first-order valence-corrected chi connectivity index (χ1v) is 12.3. The zero-order chi connectivity index (χ0) is 22.2. The second kappa shape index (κ2) is 9.12. The number of rotatable bonds is 5. The molecule has 4 aliphatic rings. The van der Waals surface area contributed by atoms with Crippen molar-refractivity contribution in [2.45, 2.75) is 84.2 Å². The van der Waals surface area contributed by atoms with Gasteiger partial charge in [0, 0.05) is 25.1 Å². The molecule has 0 aromatic rings. The maximum atomic E-state index is 11.8. The quantitative estimate of drug-likeness (QED) is 0.671. The fourth-order valence-electron chi connectivity index (χ4n) is 7.24. The molecule has 1 amide bonds. The van der Waals surface area contributed by atoms with Crippen molar-refractivity contribution in [3.05, 3.63) is 12.2 Å². The van der Waals surface area contributed by atoms with Gasteiger partial charge in [-0.1, -0.05) is 26.0 Å². The van der Waals surface area contributed by atoms with Crippen molar-refractivity contribution in [3.8, 4) is 0 Å². The summed E-state index contributed by atoms with van der Waals surface area (Å²) in [6.45, 7) is 14.6. The summed E-state index contributed by atoms with van der Waals surface area (Å²) in [5.74, 6) is 1.12. The largest absolute Gasteiger partial charge is 0.378 e. The summed E-state index contributed by atoms with van der Waals surface area (Å²) in [5, 5.41) is 0. The predicted molar refractivity (Wildman–Crippen MR) is 120 cm³/mol. The molecule has 6 atom stereocenters. The highest BCUT2D eigenvalue weighted by atomic mass is 16.7. The average molecular weight is 435 g/mol. The van der Waals surface area contributed by atoms with E-state index in [0.717, 1.165) is 58.4 Å². The van der Waals surface area contributed by atoms with E-state index >= 15 is 0 Å². The Morgan fingerprint density at radius 1 is 1.23 bits per heavy atom. The summed E-state index contributed by atoms with van der Waals surface area (Å²) >= 11 is 0. The summed E-state index contributed by atoms with van der Waals surface area (Å²) in [4.78, 5) is 13.6. The van der Waals surface area contributed by atoms with E-state index in [1.807, 2.05) is 11.8 Å². The third-order valence-corrected chi connectivity index (χ3v) is 9.03. The molecule has 4 fully saturated rings. The monoisotopic (exact) mass is 434 g/mol. The van der Waals surface area contributed by atoms with Crippen LogP contribution in [-0.2, 0) is 19.0 Å². The molecule has 2 aliphatic carbocycles. The van der Waals surface area contributed by atoms with E-state index in [4.69, 9.17) is 19.9 Å². The van der Waals surface area contributed by atoms with Crippen LogP contribution in [0.25, 0.3) is 0 Å². The third-order valence-electron chi connectivity index (χ3n) is 9.03. The van der Waals surface area contributed by atoms with Crippen LogP contribution in [0, 0.1) is 22.7 Å². The van der Waals surface area contributed by atoms with Gasteiger partial charge in [0.1, 0.15) is 0 Å². The minimum absolute atomic E-state index is 0.0464. The van der Waals surface area contributed by atoms with Gasteiger partial charge in [0.15, 0.2) is 6.29 Å². The number of fused-ring (bicyclic) bond motifs is 3. The van der Waals surface area contributed by atoms with E-state index in [-0.39, 0.29) is 35.7 Å². The van der Waals surface area contributed by atoms with Gasteiger partial charge in [-0.05, 0) is 69.1 Å². The van der Waals surface area contributed by atoms with Crippen LogP contribution in [0.15, 0.2) is 12.2 Å². The summed E-state index contributed by atoms with van der Waals surface area (Å²) in [6.07, 6.45) is 7.90. The first-order chi connectivity index (χ1) is 14.8. The molecule has 6 nitrogen and oxygen atoms in total. The highest BCUT2D eigenvalue weighted by molar-refractivity contribution is 5.78. The first kappa shape index (κ1) is 23.2. The van der Waals surface area contributed by atoms with E-state index in [1.165, 1.54) is 18.4 Å². The van der Waals surface area contributed by atoms with Gasteiger partial charge in [-0.25, -0.2) is 0 Å². The van der Waals surface area contributed by atoms with Crippen LogP contribution in [0.2, 0.25) is 0 Å². The molecule has 176 valence electrons. The Morgan fingerprint density at radius 2 is 1.97 bits per heavy atom. The molecule has 6 heteroatoms. The van der Waals surface area contributed by atoms with Crippen molar-refractivity contribution < 1.29 is 19.0 Å². The molecule has 31 heavy (non-hydrogen) atoms. The van der Waals surface area contributed by atoms with Crippen molar-refractivity contribution >= 4 is 5.91 Å². The average Bonchev–Trinajstić information content (AvgIpc) is 2.76. The molecule has 2 heterocycles. The van der Waals surface area contributed by atoms with Crippen LogP contribution >= 0.6 is 0 Å². The topological polar surface area (TPSA) is 74.0 Å². The number of carbonyl (C=O) groups is 1. The molecule has 0 aromatic heterocycles. The van der Waals surface area contributed by atoms with Crippen LogP contribution in [0.4, 0.5) is 0 Å². The fraction of sp³-hybridized carbons (Fsp3) is 0.880. The Hall–Kier alpha value is -0.950. The molecule has 4 rings (SSSR count). The van der Waals surface area contributed by atoms with Crippen LogP contribution in [0.1, 0.15) is 65.7 Å². The number of piperidine rings is 1. The van der Waals surface area contributed by atoms with Gasteiger partial charge in [0.05, 0.1) is 25.4 Å². The summed E-state index contributed by atoms with van der Waals surface area (Å²) in [5.41, 5.74) is 7.21. The maximum Gasteiger partial charge on any atom is 0.236 e. The van der Waals surface area contributed by atoms with Crippen LogP contribution in [0.3, 0.4) is 0 Å². The number of hydrogen-bond donors (Lipinski definition) is 1. The number of nitrogens with zero attached hydrogens (tertiary/aromatic N) is 1. The molecular weight excluding hydrogens is 392 g/mol. The minimum atomic E-state index is -0.0863. The number of likely N-dealkylation sites (tertiary alicyclic amines) is 1. The zero-order valence-corrected chi connectivity index (χ0v) is 19.7. The van der Waals surface area contributed by atoms with Gasteiger partial charge in [0.25, 0.3) is 0 Å². The number of hydrogen-bond acceptors (Lipinski definition) is 5. The maximum absolute atomic E-state index is 11.8. The Labute approximate surface area is 187 Å². The molecule has 0 spiro atoms. The second-order valence-electron chi connectivity index (χ2n) is 10.8. The lowest BCUT2D eigenvalue weighted by Gasteiger charge is -2.62. The number of nitrogens with two attached hydrogens (primary N) is 1. The second-order valence-corrected chi connectivity index (χ2v) is 10.8. The fourth-order valence-corrected chi connectivity index (χ4v) is 7.24. The molecule has 0 radical (unpaired) electrons. The van der Waals surface area contributed by atoms with E-state index in [0.29, 0.717) is 17.9 Å². The third kappa shape index (κ3) is 4.33. The lowest BCUT2D eigenvalue weighted by molar-refractivity contribution is -0.297. The predicted octanol–water partition coefficient (Wildman–Crippen LogP) is 3.49. The number of allylic oxidation sites excluding steroid dienone is 1. The van der Waals surface area contributed by atoms with E-state index in [9.17, 15) is 4.79 Å². The molecule has 2 saturated heterocycles. The number of carbonyl (C=O) groups excluding carboxylic acids is 1. The van der Waals surface area contributed by atoms with Crippen LogP contribution < -0.4 is 5.73 Å². The first-order valence-electron chi connectivity index (χ1n) is 12.3. The molecule has 2 N–H and O–H groups in total. The summed E-state index contributed by atoms with van der Waals surface area (Å²) < 4.78 is 18.5. The summed E-state index contributed by atoms with van der Waals surface area (Å²) in [6, 6.07) is 0. The van der Waals surface area contributed by atoms with Crippen molar-refractivity contribution in [3.63, 3.8) is 0 Å². The minimum Gasteiger partial charge on any atom is -0.378 e. The Bertz CT molecular complexity index is 676. The van der Waals surface area contributed by atoms with Gasteiger partial charge in [-0.2, -0.15) is 0 Å². The molecule has 0 bridgehead atoms. The zero-order valence-electron chi connectivity index (χ0n) is 19.7. The van der Waals surface area contributed by atoms with E-state index < -0.39 is 0 Å². The van der Waals surface area contributed by atoms with Gasteiger partial charge >= 0.3 is 0 Å². The standard InChI is InChI=1S/C25H42N2O4/c1-17-5-6-21-24(3,11-7-22-25(21,4)16-30-18(2)31-22)20(17)10-14-29-19-8-12-27(13-9-19)23(28)15-26/h18-22H,1,5-16,26H2,2-4H3/t18-,20-,21?,22-,24+,25+/m1/s1. The van der Waals surface area contributed by atoms with Gasteiger partial charge in [0.2, 0.25) is 5.91 Å². The van der Waals surface area contributed by atoms with E-state index in [2.05, 4.69) is 20.4 Å². The Kier molecular flexibility index (Phi) is 6.83. The molecule has 2 saturated carbocycles. The van der Waals surface area contributed by atoms with Crippen molar-refractivity contribution in [1.82, 2.24) is 4.90 Å². The van der Waals surface area contributed by atoms with Crippen molar-refractivity contribution in [1.29, 1.82) is 0 Å². The van der Waals surface area contributed by atoms with Gasteiger partial charge in [-0.15, -0.1) is 0 Å². The molecular formula is C25H42N2O4. The normalized spacial score (nSPS) is 41.5.